The first-order valence-electron chi connectivity index (χ1n) is 3.38. The Balaban J connectivity index is 3.16. The number of aryl methyl sites for hydroxylation is 1. The fraction of sp³-hybridized carbons (Fsp3) is 0.222. The normalized spacial score (nSPS) is 9.64. The molecule has 0 N–H and O–H groups in total. The van der Waals surface area contributed by atoms with Gasteiger partial charge in [-0.1, -0.05) is 17.7 Å². The molecule has 1 aromatic rings. The third-order valence-corrected chi connectivity index (χ3v) is 1.86. The van der Waals surface area contributed by atoms with Gasteiger partial charge in [0.1, 0.15) is 6.29 Å². The van der Waals surface area contributed by atoms with Crippen molar-refractivity contribution in [3.63, 3.8) is 0 Å². The summed E-state index contributed by atoms with van der Waals surface area (Å²) >= 11 is 5.60. The van der Waals surface area contributed by atoms with Gasteiger partial charge < -0.3 is 0 Å². The maximum atomic E-state index is 10.5. The van der Waals surface area contributed by atoms with Crippen LogP contribution in [0.25, 0.3) is 0 Å². The fourth-order valence-electron chi connectivity index (χ4n) is 0.946. The standard InChI is InChI=1S/C9H9ClO/c1-7-2-3-8(5-10)9(4-7)6-11/h2-4,6H,5H2,1H3. The largest absolute Gasteiger partial charge is 0.298 e. The molecule has 1 rings (SSSR count). The van der Waals surface area contributed by atoms with Crippen molar-refractivity contribution in [1.29, 1.82) is 0 Å². The van der Waals surface area contributed by atoms with E-state index in [1.165, 1.54) is 0 Å². The molecular weight excluding hydrogens is 160 g/mol. The zero-order valence-corrected chi connectivity index (χ0v) is 7.06. The highest BCUT2D eigenvalue weighted by Crippen LogP contribution is 2.11. The molecule has 0 fully saturated rings. The lowest BCUT2D eigenvalue weighted by Gasteiger charge is -2.00. The summed E-state index contributed by atoms with van der Waals surface area (Å²) in [5.74, 6) is 0.397. The number of carbonyl (C=O) groups is 1. The molecule has 0 amide bonds. The summed E-state index contributed by atoms with van der Waals surface area (Å²) in [6.45, 7) is 1.95. The highest BCUT2D eigenvalue weighted by Gasteiger charge is 1.98. The highest BCUT2D eigenvalue weighted by atomic mass is 35.5. The molecule has 0 aliphatic carbocycles. The molecule has 1 nitrogen and oxygen atoms in total. The minimum absolute atomic E-state index is 0.397. The van der Waals surface area contributed by atoms with E-state index < -0.39 is 0 Å². The Labute approximate surface area is 71.0 Å². The van der Waals surface area contributed by atoms with Gasteiger partial charge in [0.15, 0.2) is 0 Å². The van der Waals surface area contributed by atoms with E-state index in [0.717, 1.165) is 17.4 Å². The molecule has 0 unspecified atom stereocenters. The van der Waals surface area contributed by atoms with Gasteiger partial charge in [0.25, 0.3) is 0 Å². The summed E-state index contributed by atoms with van der Waals surface area (Å²) < 4.78 is 0. The average Bonchev–Trinajstić information content (AvgIpc) is 2.04. The van der Waals surface area contributed by atoms with Crippen molar-refractivity contribution in [1.82, 2.24) is 0 Å². The van der Waals surface area contributed by atoms with Crippen LogP contribution < -0.4 is 0 Å². The molecule has 0 heterocycles. The van der Waals surface area contributed by atoms with E-state index >= 15 is 0 Å². The Morgan fingerprint density at radius 3 is 2.82 bits per heavy atom. The Morgan fingerprint density at radius 2 is 2.27 bits per heavy atom. The van der Waals surface area contributed by atoms with E-state index in [1.807, 2.05) is 25.1 Å². The molecule has 0 aliphatic rings. The van der Waals surface area contributed by atoms with Crippen LogP contribution in [0.1, 0.15) is 21.5 Å². The molecule has 0 saturated heterocycles. The second-order valence-corrected chi connectivity index (χ2v) is 2.72. The highest BCUT2D eigenvalue weighted by molar-refractivity contribution is 6.17. The smallest absolute Gasteiger partial charge is 0.150 e. The quantitative estimate of drug-likeness (QED) is 0.490. The molecule has 0 atom stereocenters. The third-order valence-electron chi connectivity index (χ3n) is 1.57. The third kappa shape index (κ3) is 1.81. The molecule has 0 saturated carbocycles. The first-order chi connectivity index (χ1) is 5.27. The lowest BCUT2D eigenvalue weighted by Crippen LogP contribution is -1.89. The molecule has 0 spiro atoms. The van der Waals surface area contributed by atoms with Crippen molar-refractivity contribution >= 4 is 17.9 Å². The number of benzene rings is 1. The number of aldehydes is 1. The van der Waals surface area contributed by atoms with Crippen molar-refractivity contribution < 1.29 is 4.79 Å². The van der Waals surface area contributed by atoms with Crippen LogP contribution in [0.3, 0.4) is 0 Å². The van der Waals surface area contributed by atoms with Crippen LogP contribution in [-0.2, 0) is 5.88 Å². The van der Waals surface area contributed by atoms with E-state index in [2.05, 4.69) is 0 Å². The van der Waals surface area contributed by atoms with Gasteiger partial charge in [-0.25, -0.2) is 0 Å². The predicted octanol–water partition coefficient (Wildman–Crippen LogP) is 2.55. The average molecular weight is 169 g/mol. The number of hydrogen-bond acceptors (Lipinski definition) is 1. The van der Waals surface area contributed by atoms with Crippen LogP contribution in [0.4, 0.5) is 0 Å². The summed E-state index contributed by atoms with van der Waals surface area (Å²) in [5.41, 5.74) is 2.67. The van der Waals surface area contributed by atoms with Gasteiger partial charge in [0, 0.05) is 11.4 Å². The summed E-state index contributed by atoms with van der Waals surface area (Å²) in [6.07, 6.45) is 0.838. The zero-order chi connectivity index (χ0) is 8.27. The lowest BCUT2D eigenvalue weighted by atomic mass is 10.1. The van der Waals surface area contributed by atoms with Crippen LogP contribution in [-0.4, -0.2) is 6.29 Å². The summed E-state index contributed by atoms with van der Waals surface area (Å²) in [4.78, 5) is 10.5. The van der Waals surface area contributed by atoms with E-state index in [4.69, 9.17) is 11.6 Å². The first kappa shape index (κ1) is 8.28. The first-order valence-corrected chi connectivity index (χ1v) is 3.92. The van der Waals surface area contributed by atoms with Gasteiger partial charge in [-0.3, -0.25) is 4.79 Å². The van der Waals surface area contributed by atoms with Gasteiger partial charge >= 0.3 is 0 Å². The molecule has 58 valence electrons. The number of carbonyl (C=O) groups excluding carboxylic acids is 1. The molecule has 2 heteroatoms. The van der Waals surface area contributed by atoms with Crippen molar-refractivity contribution in [3.05, 3.63) is 34.9 Å². The summed E-state index contributed by atoms with van der Waals surface area (Å²) in [6, 6.07) is 5.67. The molecule has 0 radical (unpaired) electrons. The number of halogens is 1. The topological polar surface area (TPSA) is 17.1 Å². The van der Waals surface area contributed by atoms with Gasteiger partial charge in [-0.05, 0) is 18.6 Å². The lowest BCUT2D eigenvalue weighted by molar-refractivity contribution is 0.112. The van der Waals surface area contributed by atoms with Gasteiger partial charge in [0.2, 0.25) is 0 Å². The van der Waals surface area contributed by atoms with Crippen molar-refractivity contribution in [3.8, 4) is 0 Å². The van der Waals surface area contributed by atoms with Crippen molar-refractivity contribution in [2.75, 3.05) is 0 Å². The Hall–Kier alpha value is -0.820. The Morgan fingerprint density at radius 1 is 1.55 bits per heavy atom. The zero-order valence-electron chi connectivity index (χ0n) is 6.30. The maximum absolute atomic E-state index is 10.5. The van der Waals surface area contributed by atoms with Crippen LogP contribution in [0.2, 0.25) is 0 Å². The minimum atomic E-state index is 0.397. The summed E-state index contributed by atoms with van der Waals surface area (Å²) in [7, 11) is 0. The van der Waals surface area contributed by atoms with Crippen LogP contribution in [0, 0.1) is 6.92 Å². The second-order valence-electron chi connectivity index (χ2n) is 2.45. The van der Waals surface area contributed by atoms with Gasteiger partial charge in [-0.15, -0.1) is 11.6 Å². The minimum Gasteiger partial charge on any atom is -0.298 e. The van der Waals surface area contributed by atoms with Crippen molar-refractivity contribution in [2.24, 2.45) is 0 Å². The van der Waals surface area contributed by atoms with Crippen LogP contribution in [0.15, 0.2) is 18.2 Å². The monoisotopic (exact) mass is 168 g/mol. The SMILES string of the molecule is Cc1ccc(CCl)c(C=O)c1. The van der Waals surface area contributed by atoms with Crippen LogP contribution in [0.5, 0.6) is 0 Å². The Bertz CT molecular complexity index is 268. The molecule has 0 bridgehead atoms. The Kier molecular flexibility index (Phi) is 2.66. The summed E-state index contributed by atoms with van der Waals surface area (Å²) in [5, 5.41) is 0. The van der Waals surface area contributed by atoms with E-state index in [9.17, 15) is 4.79 Å². The fourth-order valence-corrected chi connectivity index (χ4v) is 1.19. The molecule has 11 heavy (non-hydrogen) atoms. The molecule has 0 aromatic heterocycles. The molecule has 1 aromatic carbocycles. The van der Waals surface area contributed by atoms with Gasteiger partial charge in [0.05, 0.1) is 0 Å². The van der Waals surface area contributed by atoms with Crippen molar-refractivity contribution in [2.45, 2.75) is 12.8 Å². The number of alkyl halides is 1. The predicted molar refractivity (Wildman–Crippen MR) is 46.1 cm³/mol. The van der Waals surface area contributed by atoms with E-state index in [0.29, 0.717) is 11.4 Å². The van der Waals surface area contributed by atoms with E-state index in [-0.39, 0.29) is 0 Å². The van der Waals surface area contributed by atoms with E-state index in [1.54, 1.807) is 0 Å². The van der Waals surface area contributed by atoms with Gasteiger partial charge in [-0.2, -0.15) is 0 Å². The second kappa shape index (κ2) is 3.54. The van der Waals surface area contributed by atoms with Crippen LogP contribution >= 0.6 is 11.6 Å². The maximum Gasteiger partial charge on any atom is 0.150 e. The molecular formula is C9H9ClO. The number of hydrogen-bond donors (Lipinski definition) is 0. The molecule has 0 aliphatic heterocycles. The number of rotatable bonds is 2.